The molecule has 3 aliphatic rings. The van der Waals surface area contributed by atoms with Gasteiger partial charge >= 0.3 is 6.03 Å². The van der Waals surface area contributed by atoms with E-state index >= 15 is 0 Å². The van der Waals surface area contributed by atoms with Crippen molar-refractivity contribution in [3.05, 3.63) is 0 Å². The Morgan fingerprint density at radius 3 is 2.26 bits per heavy atom. The van der Waals surface area contributed by atoms with E-state index in [2.05, 4.69) is 19.2 Å². The Balaban J connectivity index is 1.62. The van der Waals surface area contributed by atoms with Crippen LogP contribution in [0, 0.1) is 11.3 Å². The van der Waals surface area contributed by atoms with Gasteiger partial charge in [0.05, 0.1) is 4.75 Å². The maximum Gasteiger partial charge on any atom is 0.317 e. The van der Waals surface area contributed by atoms with Crippen molar-refractivity contribution in [3.8, 4) is 0 Å². The second kappa shape index (κ2) is 5.64. The summed E-state index contributed by atoms with van der Waals surface area (Å²) in [6.45, 7) is 5.49. The van der Waals surface area contributed by atoms with Gasteiger partial charge in [0.25, 0.3) is 0 Å². The number of nitrogens with one attached hydrogen (secondary N) is 1. The first-order valence-electron chi connectivity index (χ1n) is 8.95. The third kappa shape index (κ3) is 2.87. The van der Waals surface area contributed by atoms with Crippen LogP contribution >= 0.6 is 0 Å². The van der Waals surface area contributed by atoms with Gasteiger partial charge in [-0.15, -0.1) is 0 Å². The van der Waals surface area contributed by atoms with Gasteiger partial charge in [0.15, 0.2) is 9.84 Å². The minimum absolute atomic E-state index is 0.0742. The molecule has 1 aliphatic heterocycles. The lowest BCUT2D eigenvalue weighted by molar-refractivity contribution is -0.0883. The maximum atomic E-state index is 12.6. The van der Waals surface area contributed by atoms with Crippen LogP contribution in [-0.4, -0.2) is 49.5 Å². The first kappa shape index (κ1) is 17.1. The topological polar surface area (TPSA) is 66.5 Å². The fraction of sp³-hybridized carbons (Fsp3) is 0.941. The molecule has 1 spiro atoms. The van der Waals surface area contributed by atoms with E-state index in [0.717, 1.165) is 6.54 Å². The van der Waals surface area contributed by atoms with Crippen molar-refractivity contribution >= 4 is 15.9 Å². The number of urea groups is 1. The molecule has 2 saturated carbocycles. The van der Waals surface area contributed by atoms with Crippen LogP contribution in [0.2, 0.25) is 0 Å². The average molecular weight is 343 g/mol. The fourth-order valence-electron chi connectivity index (χ4n) is 4.88. The number of rotatable bonds is 4. The Morgan fingerprint density at radius 2 is 1.78 bits per heavy atom. The summed E-state index contributed by atoms with van der Waals surface area (Å²) in [5.41, 5.74) is 0.317. The molecular formula is C17H30N2O3S. The van der Waals surface area contributed by atoms with Gasteiger partial charge in [-0.05, 0) is 31.6 Å². The van der Waals surface area contributed by atoms with Gasteiger partial charge in [-0.2, -0.15) is 0 Å². The molecule has 6 heteroatoms. The number of hydrogen-bond acceptors (Lipinski definition) is 3. The van der Waals surface area contributed by atoms with Gasteiger partial charge in [-0.25, -0.2) is 13.2 Å². The van der Waals surface area contributed by atoms with Crippen molar-refractivity contribution in [1.82, 2.24) is 10.2 Å². The SMILES string of the molecule is CC(C)C1N(C(=O)NCC2(S(C)(=O)=O)CC2)CC12CCCCC2. The van der Waals surface area contributed by atoms with Gasteiger partial charge in [-0.1, -0.05) is 33.1 Å². The first-order chi connectivity index (χ1) is 10.7. The number of carbonyl (C=O) groups excluding carboxylic acids is 1. The van der Waals surface area contributed by atoms with E-state index in [1.165, 1.54) is 38.4 Å². The zero-order valence-corrected chi connectivity index (χ0v) is 15.4. The van der Waals surface area contributed by atoms with Gasteiger partial charge < -0.3 is 10.2 Å². The van der Waals surface area contributed by atoms with Crippen molar-refractivity contribution < 1.29 is 13.2 Å². The smallest absolute Gasteiger partial charge is 0.317 e. The summed E-state index contributed by atoms with van der Waals surface area (Å²) in [7, 11) is -3.09. The number of sulfone groups is 1. The first-order valence-corrected chi connectivity index (χ1v) is 10.8. The van der Waals surface area contributed by atoms with Crippen LogP contribution in [-0.2, 0) is 9.84 Å². The van der Waals surface area contributed by atoms with Crippen molar-refractivity contribution in [1.29, 1.82) is 0 Å². The fourth-order valence-corrected chi connectivity index (χ4v) is 6.06. The Hall–Kier alpha value is -0.780. The normalized spacial score (nSPS) is 28.5. The van der Waals surface area contributed by atoms with Crippen molar-refractivity contribution in [3.63, 3.8) is 0 Å². The predicted octanol–water partition coefficient (Wildman–Crippen LogP) is 2.56. The average Bonchev–Trinajstić information content (AvgIpc) is 3.23. The van der Waals surface area contributed by atoms with Crippen LogP contribution < -0.4 is 5.32 Å². The summed E-state index contributed by atoms with van der Waals surface area (Å²) in [5.74, 6) is 0.442. The van der Waals surface area contributed by atoms with Crippen LogP contribution in [0.5, 0.6) is 0 Å². The lowest BCUT2D eigenvalue weighted by Crippen LogP contribution is -2.70. The standard InChI is InChI=1S/C17H30N2O3S/c1-13(2)14-16(7-5-4-6-8-16)12-19(14)15(20)18-11-17(9-10-17)23(3,21)22/h13-14H,4-12H2,1-3H3,(H,18,20). The van der Waals surface area contributed by atoms with Gasteiger partial charge in [0.2, 0.25) is 0 Å². The van der Waals surface area contributed by atoms with E-state index in [1.54, 1.807) is 0 Å². The zero-order chi connectivity index (χ0) is 16.9. The number of likely N-dealkylation sites (tertiary alicyclic amines) is 1. The monoisotopic (exact) mass is 342 g/mol. The zero-order valence-electron chi connectivity index (χ0n) is 14.6. The van der Waals surface area contributed by atoms with E-state index < -0.39 is 14.6 Å². The van der Waals surface area contributed by atoms with Crippen molar-refractivity contribution in [2.24, 2.45) is 11.3 Å². The van der Waals surface area contributed by atoms with Crippen LogP contribution in [0.3, 0.4) is 0 Å². The highest BCUT2D eigenvalue weighted by molar-refractivity contribution is 7.92. The lowest BCUT2D eigenvalue weighted by Gasteiger charge is -2.61. The number of nitrogens with zero attached hydrogens (tertiary/aromatic N) is 1. The molecule has 3 fully saturated rings. The van der Waals surface area contributed by atoms with Crippen LogP contribution in [0.1, 0.15) is 58.8 Å². The summed E-state index contributed by atoms with van der Waals surface area (Å²) in [6.07, 6.45) is 8.94. The minimum Gasteiger partial charge on any atom is -0.336 e. The lowest BCUT2D eigenvalue weighted by atomic mass is 9.60. The van der Waals surface area contributed by atoms with Gasteiger partial charge in [-0.3, -0.25) is 0 Å². The number of hydrogen-bond donors (Lipinski definition) is 1. The maximum absolute atomic E-state index is 12.6. The number of amides is 2. The van der Waals surface area contributed by atoms with Crippen LogP contribution in [0.25, 0.3) is 0 Å². The second-order valence-electron chi connectivity index (χ2n) is 8.35. The number of carbonyl (C=O) groups is 1. The predicted molar refractivity (Wildman–Crippen MR) is 91.1 cm³/mol. The molecule has 23 heavy (non-hydrogen) atoms. The molecule has 1 unspecified atom stereocenters. The molecule has 5 nitrogen and oxygen atoms in total. The molecule has 132 valence electrons. The molecular weight excluding hydrogens is 312 g/mol. The second-order valence-corrected chi connectivity index (χ2v) is 10.8. The molecule has 1 saturated heterocycles. The quantitative estimate of drug-likeness (QED) is 0.854. The highest BCUT2D eigenvalue weighted by Crippen LogP contribution is 2.51. The molecule has 0 radical (unpaired) electrons. The molecule has 0 bridgehead atoms. The minimum atomic E-state index is -3.09. The summed E-state index contributed by atoms with van der Waals surface area (Å²) in [6, 6.07) is 0.228. The molecule has 0 aromatic rings. The summed E-state index contributed by atoms with van der Waals surface area (Å²) in [4.78, 5) is 14.5. The molecule has 1 heterocycles. The van der Waals surface area contributed by atoms with E-state index in [-0.39, 0.29) is 12.6 Å². The van der Waals surface area contributed by atoms with E-state index in [4.69, 9.17) is 0 Å². The van der Waals surface area contributed by atoms with Crippen molar-refractivity contribution in [2.45, 2.75) is 69.6 Å². The Morgan fingerprint density at radius 1 is 1.17 bits per heavy atom. The van der Waals surface area contributed by atoms with Gasteiger partial charge in [0, 0.05) is 30.8 Å². The molecule has 0 aromatic heterocycles. The molecule has 2 aliphatic carbocycles. The van der Waals surface area contributed by atoms with Crippen LogP contribution in [0.4, 0.5) is 4.79 Å². The van der Waals surface area contributed by atoms with Crippen molar-refractivity contribution in [2.75, 3.05) is 19.3 Å². The summed E-state index contributed by atoms with van der Waals surface area (Å²) >= 11 is 0. The molecule has 3 rings (SSSR count). The Kier molecular flexibility index (Phi) is 4.18. The van der Waals surface area contributed by atoms with Gasteiger partial charge in [0.1, 0.15) is 0 Å². The molecule has 1 N–H and O–H groups in total. The summed E-state index contributed by atoms with van der Waals surface area (Å²) < 4.78 is 23.0. The third-order valence-electron chi connectivity index (χ3n) is 6.35. The van der Waals surface area contributed by atoms with E-state index in [1.807, 2.05) is 4.90 Å². The van der Waals surface area contributed by atoms with Crippen LogP contribution in [0.15, 0.2) is 0 Å². The van der Waals surface area contributed by atoms with E-state index in [0.29, 0.717) is 30.2 Å². The Labute approximate surface area is 140 Å². The Bertz CT molecular complexity index is 575. The highest BCUT2D eigenvalue weighted by atomic mass is 32.2. The molecule has 1 atom stereocenters. The third-order valence-corrected chi connectivity index (χ3v) is 8.47. The molecule has 2 amide bonds. The molecule has 0 aromatic carbocycles. The van der Waals surface area contributed by atoms with E-state index in [9.17, 15) is 13.2 Å². The summed E-state index contributed by atoms with van der Waals surface area (Å²) in [5, 5.41) is 2.91. The highest BCUT2D eigenvalue weighted by Gasteiger charge is 2.56. The largest absolute Gasteiger partial charge is 0.336 e.